The fourth-order valence-corrected chi connectivity index (χ4v) is 4.41. The fraction of sp³-hybridized carbons (Fsp3) is 0.238. The van der Waals surface area contributed by atoms with Gasteiger partial charge in [-0.3, -0.25) is 4.79 Å². The molecular formula is C21H18N6O2S. The molecule has 8 nitrogen and oxygen atoms in total. The van der Waals surface area contributed by atoms with Gasteiger partial charge < -0.3 is 20.4 Å². The van der Waals surface area contributed by atoms with Gasteiger partial charge in [0.25, 0.3) is 0 Å². The number of H-pyrrole nitrogens is 1. The highest BCUT2D eigenvalue weighted by atomic mass is 32.2. The van der Waals surface area contributed by atoms with E-state index >= 15 is 0 Å². The van der Waals surface area contributed by atoms with Gasteiger partial charge in [-0.15, -0.1) is 11.8 Å². The summed E-state index contributed by atoms with van der Waals surface area (Å²) in [6, 6.07) is 11.9. The van der Waals surface area contributed by atoms with Crippen LogP contribution in [0.3, 0.4) is 0 Å². The number of pyridine rings is 1. The van der Waals surface area contributed by atoms with Crippen molar-refractivity contribution in [2.24, 2.45) is 5.73 Å². The van der Waals surface area contributed by atoms with E-state index in [1.807, 2.05) is 30.5 Å². The Morgan fingerprint density at radius 1 is 1.40 bits per heavy atom. The van der Waals surface area contributed by atoms with E-state index < -0.39 is 12.1 Å². The first-order valence-electron chi connectivity index (χ1n) is 9.26. The van der Waals surface area contributed by atoms with Crippen LogP contribution in [0.4, 0.5) is 0 Å². The smallest absolute Gasteiger partial charge is 0.241 e. The zero-order valence-electron chi connectivity index (χ0n) is 15.9. The number of ether oxygens (including phenoxy) is 1. The number of hydrogen-bond acceptors (Lipinski definition) is 7. The van der Waals surface area contributed by atoms with Crippen LogP contribution in [-0.4, -0.2) is 44.5 Å². The summed E-state index contributed by atoms with van der Waals surface area (Å²) >= 11 is 1.56. The standard InChI is InChI=1S/C21H18N6O2S/c22-7-13-1-4-20(26-9-13)29-16-2-3-19-17(6-16)14(10-25-19)5-18(24)21(28)27-12-30-11-15(27)8-23/h1-4,6,9-10,15,18,25H,5,11-12,24H2/t15-,18+/m1/s1. The second-order valence-corrected chi connectivity index (χ2v) is 7.88. The van der Waals surface area contributed by atoms with Crippen molar-refractivity contribution in [2.45, 2.75) is 18.5 Å². The van der Waals surface area contributed by atoms with Gasteiger partial charge in [0.05, 0.1) is 23.6 Å². The zero-order valence-corrected chi connectivity index (χ0v) is 16.7. The summed E-state index contributed by atoms with van der Waals surface area (Å²) in [5, 5.41) is 19.0. The second-order valence-electron chi connectivity index (χ2n) is 6.88. The minimum absolute atomic E-state index is 0.213. The zero-order chi connectivity index (χ0) is 21.1. The quantitative estimate of drug-likeness (QED) is 0.650. The minimum Gasteiger partial charge on any atom is -0.439 e. The van der Waals surface area contributed by atoms with E-state index in [4.69, 9.17) is 15.7 Å². The molecule has 0 aliphatic carbocycles. The molecule has 1 aromatic carbocycles. The molecule has 9 heteroatoms. The maximum absolute atomic E-state index is 12.7. The van der Waals surface area contributed by atoms with E-state index in [9.17, 15) is 10.1 Å². The molecule has 0 radical (unpaired) electrons. The average Bonchev–Trinajstić information content (AvgIpc) is 3.40. The molecule has 3 N–H and O–H groups in total. The van der Waals surface area contributed by atoms with E-state index in [0.717, 1.165) is 16.5 Å². The fourth-order valence-electron chi connectivity index (χ4n) is 3.32. The van der Waals surface area contributed by atoms with E-state index in [2.05, 4.69) is 16.0 Å². The molecule has 150 valence electrons. The van der Waals surface area contributed by atoms with Gasteiger partial charge in [0.2, 0.25) is 11.8 Å². The van der Waals surface area contributed by atoms with Crippen LogP contribution < -0.4 is 10.5 Å². The minimum atomic E-state index is -0.733. The highest BCUT2D eigenvalue weighted by molar-refractivity contribution is 7.99. The summed E-state index contributed by atoms with van der Waals surface area (Å²) in [6.45, 7) is 0. The summed E-state index contributed by atoms with van der Waals surface area (Å²) < 4.78 is 5.79. The van der Waals surface area contributed by atoms with Gasteiger partial charge >= 0.3 is 0 Å². The van der Waals surface area contributed by atoms with Crippen LogP contribution in [0.1, 0.15) is 11.1 Å². The molecule has 0 spiro atoms. The number of aromatic nitrogens is 2. The van der Waals surface area contributed by atoms with Crippen LogP contribution in [0.15, 0.2) is 42.7 Å². The summed E-state index contributed by atoms with van der Waals surface area (Å²) in [5.74, 6) is 1.86. The van der Waals surface area contributed by atoms with Gasteiger partial charge in [0, 0.05) is 35.1 Å². The molecule has 1 saturated heterocycles. The Balaban J connectivity index is 1.52. The normalized spacial score (nSPS) is 16.8. The molecule has 0 saturated carbocycles. The molecule has 2 atom stereocenters. The summed E-state index contributed by atoms with van der Waals surface area (Å²) in [5.41, 5.74) is 8.44. The van der Waals surface area contributed by atoms with Crippen molar-refractivity contribution >= 4 is 28.6 Å². The Bertz CT molecular complexity index is 1160. The number of amides is 1. The molecule has 4 rings (SSSR count). The Morgan fingerprint density at radius 3 is 3.00 bits per heavy atom. The molecule has 3 aromatic rings. The maximum Gasteiger partial charge on any atom is 0.241 e. The third kappa shape index (κ3) is 3.94. The lowest BCUT2D eigenvalue weighted by Gasteiger charge is -2.22. The van der Waals surface area contributed by atoms with Crippen molar-refractivity contribution in [3.05, 3.63) is 53.9 Å². The van der Waals surface area contributed by atoms with Crippen LogP contribution in [0.25, 0.3) is 10.9 Å². The number of nitrogens with two attached hydrogens (primary N) is 1. The average molecular weight is 418 g/mol. The Labute approximate surface area is 177 Å². The lowest BCUT2D eigenvalue weighted by molar-refractivity contribution is -0.132. The van der Waals surface area contributed by atoms with Crippen molar-refractivity contribution in [1.82, 2.24) is 14.9 Å². The van der Waals surface area contributed by atoms with Gasteiger partial charge in [-0.2, -0.15) is 10.5 Å². The number of rotatable bonds is 5. The predicted molar refractivity (Wildman–Crippen MR) is 113 cm³/mol. The number of fused-ring (bicyclic) bond motifs is 1. The number of hydrogen-bond donors (Lipinski definition) is 2. The van der Waals surface area contributed by atoms with Gasteiger partial charge in [-0.1, -0.05) is 0 Å². The number of carbonyl (C=O) groups excluding carboxylic acids is 1. The Morgan fingerprint density at radius 2 is 2.27 bits per heavy atom. The summed E-state index contributed by atoms with van der Waals surface area (Å²) in [4.78, 5) is 21.6. The Kier molecular flexibility index (Phi) is 5.57. The largest absolute Gasteiger partial charge is 0.439 e. The molecule has 2 aromatic heterocycles. The highest BCUT2D eigenvalue weighted by Gasteiger charge is 2.32. The summed E-state index contributed by atoms with van der Waals surface area (Å²) in [7, 11) is 0. The molecule has 3 heterocycles. The molecule has 0 unspecified atom stereocenters. The number of aromatic amines is 1. The van der Waals surface area contributed by atoms with Crippen LogP contribution >= 0.6 is 11.8 Å². The van der Waals surface area contributed by atoms with Crippen molar-refractivity contribution in [2.75, 3.05) is 11.6 Å². The van der Waals surface area contributed by atoms with Crippen LogP contribution in [0.5, 0.6) is 11.6 Å². The van der Waals surface area contributed by atoms with Crippen molar-refractivity contribution in [3.8, 4) is 23.8 Å². The number of nitriles is 2. The van der Waals surface area contributed by atoms with Crippen LogP contribution in [0, 0.1) is 22.7 Å². The third-order valence-electron chi connectivity index (χ3n) is 4.90. The lowest BCUT2D eigenvalue weighted by Crippen LogP contribution is -2.47. The molecule has 30 heavy (non-hydrogen) atoms. The highest BCUT2D eigenvalue weighted by Crippen LogP contribution is 2.28. The number of thioether (sulfide) groups is 1. The van der Waals surface area contributed by atoms with Gasteiger partial charge in [0.1, 0.15) is 17.9 Å². The number of nitrogens with one attached hydrogen (secondary N) is 1. The van der Waals surface area contributed by atoms with E-state index in [-0.39, 0.29) is 5.91 Å². The molecule has 1 fully saturated rings. The van der Waals surface area contributed by atoms with Gasteiger partial charge in [-0.05, 0) is 36.2 Å². The van der Waals surface area contributed by atoms with Crippen molar-refractivity contribution in [3.63, 3.8) is 0 Å². The number of nitrogens with zero attached hydrogens (tertiary/aromatic N) is 4. The monoisotopic (exact) mass is 418 g/mol. The second kappa shape index (κ2) is 8.46. The topological polar surface area (TPSA) is 132 Å². The number of benzene rings is 1. The van der Waals surface area contributed by atoms with E-state index in [1.165, 1.54) is 6.20 Å². The lowest BCUT2D eigenvalue weighted by atomic mass is 10.0. The van der Waals surface area contributed by atoms with Crippen LogP contribution in [-0.2, 0) is 11.2 Å². The molecule has 1 amide bonds. The number of carbonyl (C=O) groups is 1. The molecule has 1 aliphatic heterocycles. The van der Waals surface area contributed by atoms with Crippen molar-refractivity contribution in [1.29, 1.82) is 10.5 Å². The SMILES string of the molecule is N#Cc1ccc(Oc2ccc3[nH]cc(C[C@H](N)C(=O)N4CSC[C@H]4C#N)c3c2)nc1. The first kappa shape index (κ1) is 19.8. The Hall–Kier alpha value is -3.53. The predicted octanol–water partition coefficient (Wildman–Crippen LogP) is 2.52. The van der Waals surface area contributed by atoms with E-state index in [0.29, 0.717) is 35.2 Å². The first-order valence-corrected chi connectivity index (χ1v) is 10.4. The van der Waals surface area contributed by atoms with Crippen molar-refractivity contribution < 1.29 is 9.53 Å². The third-order valence-corrected chi connectivity index (χ3v) is 5.91. The molecule has 1 aliphatic rings. The maximum atomic E-state index is 12.7. The van der Waals surface area contributed by atoms with Gasteiger partial charge in [-0.25, -0.2) is 4.98 Å². The summed E-state index contributed by atoms with van der Waals surface area (Å²) in [6.07, 6.45) is 3.63. The van der Waals surface area contributed by atoms with Gasteiger partial charge in [0.15, 0.2) is 0 Å². The van der Waals surface area contributed by atoms with Crippen LogP contribution in [0.2, 0.25) is 0 Å². The molecular weight excluding hydrogens is 400 g/mol. The first-order chi connectivity index (χ1) is 14.6. The molecule has 0 bridgehead atoms. The van der Waals surface area contributed by atoms with E-state index in [1.54, 1.807) is 28.8 Å².